The van der Waals surface area contributed by atoms with Crippen molar-refractivity contribution in [2.45, 2.75) is 121 Å². The molecule has 0 radical (unpaired) electrons. The molecule has 2 bridgehead atoms. The third kappa shape index (κ3) is 4.49. The molecule has 1 aliphatic heterocycles. The molecule has 8 N–H and O–H groups in total. The Morgan fingerprint density at radius 3 is 2.28 bits per heavy atom. The summed E-state index contributed by atoms with van der Waals surface area (Å²) in [6, 6.07) is 0. The van der Waals surface area contributed by atoms with Gasteiger partial charge in [0.1, 0.15) is 31.0 Å². The van der Waals surface area contributed by atoms with Gasteiger partial charge in [0.2, 0.25) is 0 Å². The van der Waals surface area contributed by atoms with Gasteiger partial charge in [-0.1, -0.05) is 20.8 Å². The van der Waals surface area contributed by atoms with E-state index < -0.39 is 108 Å². The van der Waals surface area contributed by atoms with Crippen molar-refractivity contribution in [3.63, 3.8) is 0 Å². The monoisotopic (exact) mass is 614 g/mol. The van der Waals surface area contributed by atoms with Crippen LogP contribution in [0, 0.1) is 28.6 Å². The van der Waals surface area contributed by atoms with Crippen molar-refractivity contribution >= 4 is 11.8 Å². The molecule has 4 fully saturated rings. The summed E-state index contributed by atoms with van der Waals surface area (Å²) in [5.74, 6) is -3.70. The molecular formula is C30H46O13. The molecule has 5 aliphatic rings. The molecule has 3 saturated carbocycles. The highest BCUT2D eigenvalue weighted by Gasteiger charge is 2.73. The third-order valence-electron chi connectivity index (χ3n) is 11.9. The van der Waals surface area contributed by atoms with Crippen LogP contribution in [0.5, 0.6) is 0 Å². The first kappa shape index (κ1) is 32.9. The fourth-order valence-corrected chi connectivity index (χ4v) is 9.11. The van der Waals surface area contributed by atoms with Gasteiger partial charge in [0.05, 0.1) is 35.4 Å². The fraction of sp³-hybridized carbons (Fsp3) is 0.867. The lowest BCUT2D eigenvalue weighted by Gasteiger charge is -2.68. The molecule has 1 saturated heterocycles. The second-order valence-corrected chi connectivity index (χ2v) is 14.1. The van der Waals surface area contributed by atoms with Crippen LogP contribution in [0.1, 0.15) is 60.3 Å². The second kappa shape index (κ2) is 10.8. The molecule has 244 valence electrons. The number of ketones is 1. The summed E-state index contributed by atoms with van der Waals surface area (Å²) in [7, 11) is 0. The van der Waals surface area contributed by atoms with Crippen molar-refractivity contribution in [1.82, 2.24) is 0 Å². The number of hydrogen-bond acceptors (Lipinski definition) is 13. The highest BCUT2D eigenvalue weighted by molar-refractivity contribution is 5.95. The average Bonchev–Trinajstić information content (AvgIpc) is 2.94. The van der Waals surface area contributed by atoms with Gasteiger partial charge in [0.15, 0.2) is 18.2 Å². The van der Waals surface area contributed by atoms with E-state index in [0.29, 0.717) is 18.4 Å². The van der Waals surface area contributed by atoms with E-state index in [2.05, 4.69) is 0 Å². The van der Waals surface area contributed by atoms with Crippen LogP contribution < -0.4 is 0 Å². The van der Waals surface area contributed by atoms with E-state index in [-0.39, 0.29) is 24.3 Å². The van der Waals surface area contributed by atoms with Crippen LogP contribution in [-0.4, -0.2) is 126 Å². The number of rotatable bonds is 5. The molecule has 13 heteroatoms. The molecule has 0 amide bonds. The molecule has 5 rings (SSSR count). The molecule has 0 spiro atoms. The van der Waals surface area contributed by atoms with Crippen molar-refractivity contribution in [2.24, 2.45) is 28.6 Å². The van der Waals surface area contributed by atoms with Crippen molar-refractivity contribution < 1.29 is 64.7 Å². The SMILES string of the molecule is CC1=C2C(OC(=O)COC3OC(CO)C(O)C(O)C3O)C(=O)[C@]3(C)C(O)C[C@H]4CCC4(O)C3[C@H](C)C(O)(CC1O)C2(C)C. The molecule has 1 heterocycles. The van der Waals surface area contributed by atoms with E-state index in [0.717, 1.165) is 0 Å². The lowest BCUT2D eigenvalue weighted by molar-refractivity contribution is -0.300. The Morgan fingerprint density at radius 1 is 1.05 bits per heavy atom. The summed E-state index contributed by atoms with van der Waals surface area (Å²) in [5, 5.41) is 86.8. The predicted octanol–water partition coefficient (Wildman–Crippen LogP) is -1.70. The Hall–Kier alpha value is -1.52. The molecule has 0 aromatic carbocycles. The number of aliphatic hydroxyl groups excluding tert-OH is 6. The first-order valence-corrected chi connectivity index (χ1v) is 15.1. The zero-order valence-electron chi connectivity index (χ0n) is 25.2. The Labute approximate surface area is 250 Å². The van der Waals surface area contributed by atoms with Gasteiger partial charge in [-0.15, -0.1) is 0 Å². The first-order chi connectivity index (χ1) is 19.9. The maximum atomic E-state index is 14.7. The Kier molecular flexibility index (Phi) is 8.24. The summed E-state index contributed by atoms with van der Waals surface area (Å²) >= 11 is 0. The number of Topliss-reactive ketones (excluding diaryl/α,β-unsaturated/α-hetero) is 1. The largest absolute Gasteiger partial charge is 0.448 e. The number of ether oxygens (including phenoxy) is 3. The Balaban J connectivity index is 1.52. The van der Waals surface area contributed by atoms with E-state index in [4.69, 9.17) is 14.2 Å². The van der Waals surface area contributed by atoms with E-state index in [9.17, 15) is 50.4 Å². The number of carbonyl (C=O) groups is 2. The maximum Gasteiger partial charge on any atom is 0.333 e. The standard InChI is InChI=1S/C30H46O13/c1-12-15(32)9-30(40)13(2)24-28(5,17(33)8-14-6-7-29(14,24)39)25(38)23(19(12)27(30,3)4)43-18(34)11-41-26-22(37)21(36)20(35)16(10-31)42-26/h13-17,20-24,26,31-33,35-37,39-40H,6-11H2,1-5H3/t13-,14+,15?,16?,17?,20?,21?,22?,23?,24?,26?,28+,29?,30?/m0/s1. The molecule has 11 unspecified atom stereocenters. The van der Waals surface area contributed by atoms with Gasteiger partial charge in [-0.25, -0.2) is 4.79 Å². The third-order valence-corrected chi connectivity index (χ3v) is 11.9. The summed E-state index contributed by atoms with van der Waals surface area (Å²) < 4.78 is 16.4. The molecule has 14 atom stereocenters. The van der Waals surface area contributed by atoms with Gasteiger partial charge < -0.3 is 55.1 Å². The average molecular weight is 615 g/mol. The van der Waals surface area contributed by atoms with Gasteiger partial charge in [0.25, 0.3) is 0 Å². The van der Waals surface area contributed by atoms with E-state index in [1.807, 2.05) is 0 Å². The summed E-state index contributed by atoms with van der Waals surface area (Å²) in [6.45, 7) is 6.72. The van der Waals surface area contributed by atoms with Crippen LogP contribution in [0.15, 0.2) is 11.1 Å². The quantitative estimate of drug-likeness (QED) is 0.128. The molecule has 0 aromatic rings. The molecule has 4 aliphatic carbocycles. The lowest BCUT2D eigenvalue weighted by Crippen LogP contribution is -2.75. The highest BCUT2D eigenvalue weighted by atomic mass is 16.7. The van der Waals surface area contributed by atoms with Crippen LogP contribution >= 0.6 is 0 Å². The van der Waals surface area contributed by atoms with Crippen LogP contribution in [0.25, 0.3) is 0 Å². The first-order valence-electron chi connectivity index (χ1n) is 15.1. The minimum Gasteiger partial charge on any atom is -0.448 e. The number of esters is 1. The number of hydrogen-bond donors (Lipinski definition) is 8. The predicted molar refractivity (Wildman–Crippen MR) is 146 cm³/mol. The normalized spacial score (nSPS) is 51.0. The highest BCUT2D eigenvalue weighted by Crippen LogP contribution is 2.67. The summed E-state index contributed by atoms with van der Waals surface area (Å²) in [6.07, 6.45) is -11.0. The van der Waals surface area contributed by atoms with Crippen molar-refractivity contribution in [3.8, 4) is 0 Å². The van der Waals surface area contributed by atoms with E-state index in [1.54, 1.807) is 34.6 Å². The molecule has 43 heavy (non-hydrogen) atoms. The summed E-state index contributed by atoms with van der Waals surface area (Å²) in [5.41, 5.74) is -5.34. The lowest BCUT2D eigenvalue weighted by atomic mass is 9.39. The molecule has 0 aromatic heterocycles. The zero-order valence-corrected chi connectivity index (χ0v) is 25.2. The van der Waals surface area contributed by atoms with Crippen molar-refractivity contribution in [1.29, 1.82) is 0 Å². The number of aliphatic hydroxyl groups is 8. The number of carbonyl (C=O) groups excluding carboxylic acids is 2. The zero-order chi connectivity index (χ0) is 32.0. The van der Waals surface area contributed by atoms with E-state index >= 15 is 0 Å². The van der Waals surface area contributed by atoms with Crippen molar-refractivity contribution in [3.05, 3.63) is 11.1 Å². The van der Waals surface area contributed by atoms with Crippen LogP contribution in [-0.2, 0) is 23.8 Å². The van der Waals surface area contributed by atoms with Crippen LogP contribution in [0.4, 0.5) is 0 Å². The minimum atomic E-state index is -1.77. The smallest absolute Gasteiger partial charge is 0.333 e. The van der Waals surface area contributed by atoms with Gasteiger partial charge >= 0.3 is 5.97 Å². The van der Waals surface area contributed by atoms with Gasteiger partial charge in [-0.2, -0.15) is 0 Å². The van der Waals surface area contributed by atoms with Gasteiger partial charge in [0, 0.05) is 17.8 Å². The van der Waals surface area contributed by atoms with Crippen molar-refractivity contribution in [2.75, 3.05) is 13.2 Å². The van der Waals surface area contributed by atoms with Crippen LogP contribution in [0.3, 0.4) is 0 Å². The van der Waals surface area contributed by atoms with Gasteiger partial charge in [-0.05, 0) is 56.1 Å². The Bertz CT molecular complexity index is 1170. The second-order valence-electron chi connectivity index (χ2n) is 14.1. The minimum absolute atomic E-state index is 0.0883. The molecule has 13 nitrogen and oxygen atoms in total. The number of fused-ring (bicyclic) bond motifs is 5. The molecular weight excluding hydrogens is 568 g/mol. The Morgan fingerprint density at radius 2 is 1.70 bits per heavy atom. The fourth-order valence-electron chi connectivity index (χ4n) is 9.11. The van der Waals surface area contributed by atoms with Gasteiger partial charge in [-0.3, -0.25) is 4.79 Å². The topological polar surface area (TPSA) is 224 Å². The van der Waals surface area contributed by atoms with E-state index in [1.165, 1.54) is 0 Å². The van der Waals surface area contributed by atoms with Crippen LogP contribution in [0.2, 0.25) is 0 Å². The summed E-state index contributed by atoms with van der Waals surface area (Å²) in [4.78, 5) is 28.0. The maximum absolute atomic E-state index is 14.7.